The minimum atomic E-state index is 0.726. The van der Waals surface area contributed by atoms with E-state index in [1.807, 2.05) is 0 Å². The molecule has 0 fully saturated rings. The van der Waals surface area contributed by atoms with Crippen LogP contribution in [-0.2, 0) is 0 Å². The highest BCUT2D eigenvalue weighted by atomic mass is 32.1. The summed E-state index contributed by atoms with van der Waals surface area (Å²) in [7, 11) is 0. The number of nitrogens with one attached hydrogen (secondary N) is 1. The predicted octanol–water partition coefficient (Wildman–Crippen LogP) is 3.25. The van der Waals surface area contributed by atoms with Gasteiger partial charge in [0.15, 0.2) is 0 Å². The molecule has 0 aliphatic heterocycles. The van der Waals surface area contributed by atoms with Crippen LogP contribution < -0.4 is 5.32 Å². The quantitative estimate of drug-likeness (QED) is 0.433. The molecule has 0 saturated carbocycles. The highest BCUT2D eigenvalue weighted by molar-refractivity contribution is 7.80. The van der Waals surface area contributed by atoms with Crippen LogP contribution in [0.25, 0.3) is 0 Å². The van der Waals surface area contributed by atoms with E-state index in [0.717, 1.165) is 18.3 Å². The summed E-state index contributed by atoms with van der Waals surface area (Å²) in [5.74, 6) is 0.950. The number of rotatable bonds is 9. The molecule has 13 heavy (non-hydrogen) atoms. The lowest BCUT2D eigenvalue weighted by atomic mass is 10.1. The molecule has 0 bridgehead atoms. The van der Waals surface area contributed by atoms with Crippen LogP contribution in [0.2, 0.25) is 0 Å². The Morgan fingerprint density at radius 2 is 1.92 bits per heavy atom. The van der Waals surface area contributed by atoms with Gasteiger partial charge in [0, 0.05) is 18.3 Å². The van der Waals surface area contributed by atoms with Gasteiger partial charge in [0.05, 0.1) is 0 Å². The van der Waals surface area contributed by atoms with E-state index in [0.29, 0.717) is 0 Å². The van der Waals surface area contributed by atoms with Crippen LogP contribution in [0.1, 0.15) is 52.4 Å². The maximum Gasteiger partial charge on any atom is 0.00647 e. The van der Waals surface area contributed by atoms with E-state index >= 15 is 0 Å². The monoisotopic (exact) mass is 203 g/mol. The Balaban J connectivity index is 3.25. The van der Waals surface area contributed by atoms with Gasteiger partial charge in [-0.25, -0.2) is 0 Å². The van der Waals surface area contributed by atoms with Crippen LogP contribution in [0.3, 0.4) is 0 Å². The predicted molar refractivity (Wildman–Crippen MR) is 64.7 cm³/mol. The van der Waals surface area contributed by atoms with Crippen LogP contribution in [0, 0.1) is 0 Å². The van der Waals surface area contributed by atoms with Gasteiger partial charge in [-0.2, -0.15) is 12.6 Å². The van der Waals surface area contributed by atoms with Gasteiger partial charge in [0.1, 0.15) is 0 Å². The minimum Gasteiger partial charge on any atom is -0.313 e. The largest absolute Gasteiger partial charge is 0.313 e. The van der Waals surface area contributed by atoms with Gasteiger partial charge in [0.2, 0.25) is 0 Å². The van der Waals surface area contributed by atoms with Crippen molar-refractivity contribution < 1.29 is 0 Å². The summed E-state index contributed by atoms with van der Waals surface area (Å²) in [6.45, 7) is 5.57. The summed E-state index contributed by atoms with van der Waals surface area (Å²) in [6.07, 6.45) is 8.09. The summed E-state index contributed by atoms with van der Waals surface area (Å²) < 4.78 is 0. The van der Waals surface area contributed by atoms with Gasteiger partial charge in [-0.1, -0.05) is 39.5 Å². The molecule has 0 rings (SSSR count). The van der Waals surface area contributed by atoms with Gasteiger partial charge >= 0.3 is 0 Å². The molecule has 0 aliphatic rings. The second-order valence-electron chi connectivity index (χ2n) is 3.63. The summed E-state index contributed by atoms with van der Waals surface area (Å²) in [4.78, 5) is 0. The Hall–Kier alpha value is 0.310. The molecule has 2 heteroatoms. The topological polar surface area (TPSA) is 12.0 Å². The van der Waals surface area contributed by atoms with E-state index in [1.54, 1.807) is 0 Å². The molecule has 0 aliphatic carbocycles. The van der Waals surface area contributed by atoms with Gasteiger partial charge in [-0.05, 0) is 12.8 Å². The number of thiol groups is 1. The van der Waals surface area contributed by atoms with E-state index in [9.17, 15) is 0 Å². The molecule has 0 heterocycles. The zero-order valence-corrected chi connectivity index (χ0v) is 10.1. The molecule has 0 spiro atoms. The summed E-state index contributed by atoms with van der Waals surface area (Å²) in [6, 6.07) is 0.726. The molecule has 0 amide bonds. The second-order valence-corrected chi connectivity index (χ2v) is 4.08. The molecule has 0 aromatic carbocycles. The lowest BCUT2D eigenvalue weighted by Crippen LogP contribution is -2.29. The normalized spacial score (nSPS) is 13.2. The maximum absolute atomic E-state index is 4.20. The first-order chi connectivity index (χ1) is 6.35. The van der Waals surface area contributed by atoms with Crippen molar-refractivity contribution in [3.05, 3.63) is 0 Å². The van der Waals surface area contributed by atoms with E-state index in [1.165, 1.54) is 38.5 Å². The third kappa shape index (κ3) is 8.63. The molecular weight excluding hydrogens is 178 g/mol. The van der Waals surface area contributed by atoms with Crippen molar-refractivity contribution in [2.24, 2.45) is 0 Å². The third-order valence-electron chi connectivity index (χ3n) is 2.44. The molecule has 0 aromatic heterocycles. The standard InChI is InChI=1S/C11H25NS/c1-3-5-6-7-8-11(4-2)12-9-10-13/h11-13H,3-10H2,1-2H3. The van der Waals surface area contributed by atoms with Gasteiger partial charge in [-0.3, -0.25) is 0 Å². The fourth-order valence-electron chi connectivity index (χ4n) is 1.54. The first-order valence-corrected chi connectivity index (χ1v) is 6.32. The Kier molecular flexibility index (Phi) is 10.6. The number of unbranched alkanes of at least 4 members (excludes halogenated alkanes) is 3. The molecule has 0 aromatic rings. The maximum atomic E-state index is 4.20. The third-order valence-corrected chi connectivity index (χ3v) is 2.67. The molecule has 1 atom stereocenters. The van der Waals surface area contributed by atoms with E-state index < -0.39 is 0 Å². The molecule has 0 saturated heterocycles. The molecule has 1 N–H and O–H groups in total. The zero-order valence-electron chi connectivity index (χ0n) is 9.18. The van der Waals surface area contributed by atoms with Gasteiger partial charge < -0.3 is 5.32 Å². The smallest absolute Gasteiger partial charge is 0.00647 e. The lowest BCUT2D eigenvalue weighted by Gasteiger charge is -2.15. The Morgan fingerprint density at radius 1 is 1.15 bits per heavy atom. The van der Waals surface area contributed by atoms with Gasteiger partial charge in [-0.15, -0.1) is 0 Å². The second kappa shape index (κ2) is 10.4. The molecular formula is C11H25NS. The minimum absolute atomic E-state index is 0.726. The first-order valence-electron chi connectivity index (χ1n) is 5.69. The number of hydrogen-bond donors (Lipinski definition) is 2. The summed E-state index contributed by atoms with van der Waals surface area (Å²) in [5, 5.41) is 3.52. The van der Waals surface area contributed by atoms with E-state index in [4.69, 9.17) is 0 Å². The molecule has 1 nitrogen and oxygen atoms in total. The van der Waals surface area contributed by atoms with Crippen molar-refractivity contribution >= 4 is 12.6 Å². The van der Waals surface area contributed by atoms with Crippen molar-refractivity contribution in [1.29, 1.82) is 0 Å². The first kappa shape index (κ1) is 13.3. The number of hydrogen-bond acceptors (Lipinski definition) is 2. The van der Waals surface area contributed by atoms with Crippen LogP contribution in [0.4, 0.5) is 0 Å². The molecule has 1 unspecified atom stereocenters. The van der Waals surface area contributed by atoms with E-state index in [-0.39, 0.29) is 0 Å². The van der Waals surface area contributed by atoms with E-state index in [2.05, 4.69) is 31.8 Å². The van der Waals surface area contributed by atoms with Crippen LogP contribution >= 0.6 is 12.6 Å². The fraction of sp³-hybridized carbons (Fsp3) is 1.00. The Labute approximate surface area is 89.1 Å². The van der Waals surface area contributed by atoms with Crippen LogP contribution in [-0.4, -0.2) is 18.3 Å². The average Bonchev–Trinajstić information content (AvgIpc) is 2.17. The SMILES string of the molecule is CCCCCCC(CC)NCCS. The average molecular weight is 203 g/mol. The Morgan fingerprint density at radius 3 is 2.46 bits per heavy atom. The van der Waals surface area contributed by atoms with Crippen LogP contribution in [0.15, 0.2) is 0 Å². The molecule has 80 valence electrons. The van der Waals surface area contributed by atoms with Crippen molar-refractivity contribution in [2.45, 2.75) is 58.4 Å². The highest BCUT2D eigenvalue weighted by Gasteiger charge is 2.03. The summed E-state index contributed by atoms with van der Waals surface area (Å²) >= 11 is 4.20. The zero-order chi connectivity index (χ0) is 9.94. The Bertz CT molecular complexity index is 96.1. The van der Waals surface area contributed by atoms with Crippen LogP contribution in [0.5, 0.6) is 0 Å². The summed E-state index contributed by atoms with van der Waals surface area (Å²) in [5.41, 5.74) is 0. The van der Waals surface area contributed by atoms with Gasteiger partial charge in [0.25, 0.3) is 0 Å². The lowest BCUT2D eigenvalue weighted by molar-refractivity contribution is 0.456. The fourth-order valence-corrected chi connectivity index (χ4v) is 1.67. The highest BCUT2D eigenvalue weighted by Crippen LogP contribution is 2.07. The van der Waals surface area contributed by atoms with Crippen molar-refractivity contribution in [2.75, 3.05) is 12.3 Å². The van der Waals surface area contributed by atoms with Crippen molar-refractivity contribution in [3.63, 3.8) is 0 Å². The van der Waals surface area contributed by atoms with Crippen molar-refractivity contribution in [3.8, 4) is 0 Å². The van der Waals surface area contributed by atoms with Crippen molar-refractivity contribution in [1.82, 2.24) is 5.32 Å². The molecule has 0 radical (unpaired) electrons.